The maximum Gasteiger partial charge on any atom is 0.339 e. The van der Waals surface area contributed by atoms with E-state index in [1.165, 1.54) is 24.4 Å². The number of carbonyl (C=O) groups is 1. The predicted octanol–water partition coefficient (Wildman–Crippen LogP) is 2.13. The van der Waals surface area contributed by atoms with E-state index in [1.807, 2.05) is 6.92 Å². The van der Waals surface area contributed by atoms with Gasteiger partial charge in [0.1, 0.15) is 11.3 Å². The molecule has 0 aliphatic carbocycles. The average molecular weight is 357 g/mol. The highest BCUT2D eigenvalue weighted by atomic mass is 32.2. The number of nitriles is 1. The minimum Gasteiger partial charge on any atom is -0.378 e. The number of hydrogen-bond donors (Lipinski definition) is 1. The molecule has 0 aromatic heterocycles. The van der Waals surface area contributed by atoms with E-state index < -0.39 is 16.0 Å². The van der Waals surface area contributed by atoms with E-state index in [0.29, 0.717) is 5.56 Å². The van der Waals surface area contributed by atoms with E-state index >= 15 is 0 Å². The van der Waals surface area contributed by atoms with Crippen LogP contribution in [0.5, 0.6) is 5.75 Å². The standard InChI is InChI=1S/C17H15N3O4S/c1-13-6-8-15(9-7-13)25(22,23)24-16-5-3-2-4-14(16)12-19-20-17(21)10-11-18/h2-9,12H,10H2,1H3,(H,20,21)/b19-12+. The largest absolute Gasteiger partial charge is 0.378 e. The summed E-state index contributed by atoms with van der Waals surface area (Å²) in [6, 6.07) is 14.3. The zero-order chi connectivity index (χ0) is 18.3. The maximum atomic E-state index is 12.4. The highest BCUT2D eigenvalue weighted by Gasteiger charge is 2.17. The number of amides is 1. The van der Waals surface area contributed by atoms with Gasteiger partial charge in [-0.3, -0.25) is 4.79 Å². The second-order valence-electron chi connectivity index (χ2n) is 5.02. The molecule has 8 heteroatoms. The van der Waals surface area contributed by atoms with Gasteiger partial charge in [0, 0.05) is 5.56 Å². The first-order chi connectivity index (χ1) is 11.9. The summed E-state index contributed by atoms with van der Waals surface area (Å²) < 4.78 is 29.9. The molecular formula is C17H15N3O4S. The van der Waals surface area contributed by atoms with Crippen molar-refractivity contribution in [2.45, 2.75) is 18.2 Å². The molecular weight excluding hydrogens is 342 g/mol. The van der Waals surface area contributed by atoms with Crippen LogP contribution in [-0.2, 0) is 14.9 Å². The van der Waals surface area contributed by atoms with Gasteiger partial charge in [-0.15, -0.1) is 0 Å². The molecule has 0 aliphatic rings. The lowest BCUT2D eigenvalue weighted by Crippen LogP contribution is -2.16. The van der Waals surface area contributed by atoms with E-state index in [0.717, 1.165) is 5.56 Å². The summed E-state index contributed by atoms with van der Waals surface area (Å²) in [6.45, 7) is 1.85. The van der Waals surface area contributed by atoms with Crippen molar-refractivity contribution < 1.29 is 17.4 Å². The molecule has 0 heterocycles. The van der Waals surface area contributed by atoms with Crippen LogP contribution in [0.1, 0.15) is 17.5 Å². The molecule has 25 heavy (non-hydrogen) atoms. The van der Waals surface area contributed by atoms with Crippen LogP contribution in [0.4, 0.5) is 0 Å². The summed E-state index contributed by atoms with van der Waals surface area (Å²) in [5.74, 6) is -0.495. The van der Waals surface area contributed by atoms with Crippen LogP contribution in [0.25, 0.3) is 0 Å². The molecule has 0 unspecified atom stereocenters. The van der Waals surface area contributed by atoms with Gasteiger partial charge in [-0.2, -0.15) is 18.8 Å². The highest BCUT2D eigenvalue weighted by Crippen LogP contribution is 2.22. The minimum absolute atomic E-state index is 0.0344. The number of benzene rings is 2. The normalized spacial score (nSPS) is 11.0. The van der Waals surface area contributed by atoms with Crippen molar-refractivity contribution in [2.24, 2.45) is 5.10 Å². The van der Waals surface area contributed by atoms with Crippen LogP contribution in [0.2, 0.25) is 0 Å². The molecule has 0 fully saturated rings. The maximum absolute atomic E-state index is 12.4. The summed E-state index contributed by atoms with van der Waals surface area (Å²) in [7, 11) is -3.99. The molecule has 2 rings (SSSR count). The lowest BCUT2D eigenvalue weighted by Gasteiger charge is -2.09. The molecule has 0 spiro atoms. The Labute approximate surface area is 145 Å². The van der Waals surface area contributed by atoms with E-state index in [4.69, 9.17) is 9.44 Å². The zero-order valence-electron chi connectivity index (χ0n) is 13.3. The van der Waals surface area contributed by atoms with Crippen molar-refractivity contribution in [2.75, 3.05) is 0 Å². The Bertz CT molecular complexity index is 929. The second-order valence-corrected chi connectivity index (χ2v) is 6.56. The Morgan fingerprint density at radius 3 is 2.60 bits per heavy atom. The number of hydrogen-bond acceptors (Lipinski definition) is 6. The van der Waals surface area contributed by atoms with Gasteiger partial charge in [-0.25, -0.2) is 5.43 Å². The van der Waals surface area contributed by atoms with Gasteiger partial charge in [0.15, 0.2) is 5.75 Å². The molecule has 128 valence electrons. The fourth-order valence-corrected chi connectivity index (χ4v) is 2.77. The molecule has 0 bridgehead atoms. The monoisotopic (exact) mass is 357 g/mol. The van der Waals surface area contributed by atoms with Crippen LogP contribution in [0.3, 0.4) is 0 Å². The van der Waals surface area contributed by atoms with E-state index in [9.17, 15) is 13.2 Å². The van der Waals surface area contributed by atoms with Crippen molar-refractivity contribution in [3.63, 3.8) is 0 Å². The Balaban J connectivity index is 2.20. The van der Waals surface area contributed by atoms with Crippen molar-refractivity contribution in [3.8, 4) is 11.8 Å². The summed E-state index contributed by atoms with van der Waals surface area (Å²) in [4.78, 5) is 11.2. The van der Waals surface area contributed by atoms with Crippen molar-refractivity contribution in [1.29, 1.82) is 5.26 Å². The zero-order valence-corrected chi connectivity index (χ0v) is 14.2. The van der Waals surface area contributed by atoms with Gasteiger partial charge in [-0.1, -0.05) is 29.8 Å². The molecule has 0 atom stereocenters. The van der Waals surface area contributed by atoms with Gasteiger partial charge in [-0.05, 0) is 31.2 Å². The van der Waals surface area contributed by atoms with Crippen LogP contribution in [-0.4, -0.2) is 20.5 Å². The number of nitrogens with one attached hydrogen (secondary N) is 1. The Kier molecular flexibility index (Phi) is 5.87. The lowest BCUT2D eigenvalue weighted by molar-refractivity contribution is -0.120. The van der Waals surface area contributed by atoms with E-state index in [-0.39, 0.29) is 17.1 Å². The number of rotatable bonds is 6. The highest BCUT2D eigenvalue weighted by molar-refractivity contribution is 7.87. The summed E-state index contributed by atoms with van der Waals surface area (Å²) >= 11 is 0. The molecule has 0 saturated carbocycles. The molecule has 0 saturated heterocycles. The molecule has 2 aromatic carbocycles. The molecule has 1 N–H and O–H groups in total. The SMILES string of the molecule is Cc1ccc(S(=O)(=O)Oc2ccccc2/C=N/NC(=O)CC#N)cc1. The first-order valence-corrected chi connectivity index (χ1v) is 8.62. The molecule has 0 radical (unpaired) electrons. The van der Waals surface area contributed by atoms with Crippen LogP contribution in [0.15, 0.2) is 58.5 Å². The quantitative estimate of drug-likeness (QED) is 0.484. The lowest BCUT2D eigenvalue weighted by atomic mass is 10.2. The van der Waals surface area contributed by atoms with Crippen molar-refractivity contribution in [1.82, 2.24) is 5.43 Å². The smallest absolute Gasteiger partial charge is 0.339 e. The van der Waals surface area contributed by atoms with Gasteiger partial charge in [0.05, 0.1) is 12.3 Å². The summed E-state index contributed by atoms with van der Waals surface area (Å²) in [5.41, 5.74) is 3.45. The molecule has 1 amide bonds. The second kappa shape index (κ2) is 8.08. The molecule has 7 nitrogen and oxygen atoms in total. The number of para-hydroxylation sites is 1. The third-order valence-corrected chi connectivity index (χ3v) is 4.31. The van der Waals surface area contributed by atoms with E-state index in [2.05, 4.69) is 10.5 Å². The summed E-state index contributed by atoms with van der Waals surface area (Å²) in [5, 5.41) is 12.1. The van der Waals surface area contributed by atoms with E-state index in [1.54, 1.807) is 36.4 Å². The van der Waals surface area contributed by atoms with Crippen LogP contribution in [0, 0.1) is 18.3 Å². The van der Waals surface area contributed by atoms with Crippen molar-refractivity contribution >= 4 is 22.2 Å². The number of aryl methyl sites for hydroxylation is 1. The first-order valence-electron chi connectivity index (χ1n) is 7.21. The summed E-state index contributed by atoms with van der Waals surface area (Å²) in [6.07, 6.45) is 0.923. The minimum atomic E-state index is -3.99. The molecule has 0 aliphatic heterocycles. The fourth-order valence-electron chi connectivity index (χ4n) is 1.82. The fraction of sp³-hybridized carbons (Fsp3) is 0.118. The van der Waals surface area contributed by atoms with Gasteiger partial charge in [0.2, 0.25) is 0 Å². The third-order valence-electron chi connectivity index (χ3n) is 3.06. The molecule has 2 aromatic rings. The first kappa shape index (κ1) is 18.2. The van der Waals surface area contributed by atoms with Crippen LogP contribution >= 0.6 is 0 Å². The topological polar surface area (TPSA) is 109 Å². The van der Waals surface area contributed by atoms with Crippen molar-refractivity contribution in [3.05, 3.63) is 59.7 Å². The van der Waals surface area contributed by atoms with Gasteiger partial charge >= 0.3 is 10.1 Å². The number of hydrazone groups is 1. The van der Waals surface area contributed by atoms with Gasteiger partial charge in [0.25, 0.3) is 5.91 Å². The Morgan fingerprint density at radius 2 is 1.92 bits per heavy atom. The van der Waals surface area contributed by atoms with Gasteiger partial charge < -0.3 is 4.18 Å². The number of carbonyl (C=O) groups excluding carboxylic acids is 1. The van der Waals surface area contributed by atoms with Crippen LogP contribution < -0.4 is 9.61 Å². The Morgan fingerprint density at radius 1 is 1.24 bits per heavy atom. The number of nitrogens with zero attached hydrogens (tertiary/aromatic N) is 2. The predicted molar refractivity (Wildman–Crippen MR) is 91.4 cm³/mol. The third kappa shape index (κ3) is 5.16. The average Bonchev–Trinajstić information content (AvgIpc) is 2.57. The Hall–Kier alpha value is -3.18.